The van der Waals surface area contributed by atoms with E-state index in [9.17, 15) is 14.0 Å². The molecule has 2 rings (SSSR count). The van der Waals surface area contributed by atoms with Crippen LogP contribution < -0.4 is 10.1 Å². The predicted molar refractivity (Wildman–Crippen MR) is 87.9 cm³/mol. The van der Waals surface area contributed by atoms with Crippen LogP contribution in [0.25, 0.3) is 0 Å². The minimum atomic E-state index is -1.06. The molecule has 0 unspecified atom stereocenters. The Morgan fingerprint density at radius 1 is 1.17 bits per heavy atom. The molecule has 0 fully saturated rings. The van der Waals surface area contributed by atoms with E-state index in [1.165, 1.54) is 32.2 Å². The van der Waals surface area contributed by atoms with Crippen molar-refractivity contribution in [3.8, 4) is 5.75 Å². The molecule has 0 bridgehead atoms. The van der Waals surface area contributed by atoms with Crippen molar-refractivity contribution in [2.24, 2.45) is 0 Å². The van der Waals surface area contributed by atoms with Gasteiger partial charge in [0.2, 0.25) is 0 Å². The number of hydrogen-bond donors (Lipinski definition) is 1. The van der Waals surface area contributed by atoms with Gasteiger partial charge in [-0.25, -0.2) is 9.18 Å². The Hall–Kier alpha value is -2.60. The molecule has 1 atom stereocenters. The number of anilines is 1. The minimum Gasteiger partial charge on any atom is -0.495 e. The molecule has 0 aliphatic carbocycles. The van der Waals surface area contributed by atoms with Crippen molar-refractivity contribution in [3.05, 3.63) is 58.9 Å². The molecule has 24 heavy (non-hydrogen) atoms. The van der Waals surface area contributed by atoms with Crippen LogP contribution in [0.15, 0.2) is 42.5 Å². The van der Waals surface area contributed by atoms with Crippen LogP contribution >= 0.6 is 11.6 Å². The van der Waals surface area contributed by atoms with Gasteiger partial charge < -0.3 is 14.8 Å². The van der Waals surface area contributed by atoms with Crippen LogP contribution in [0.4, 0.5) is 10.1 Å². The maximum Gasteiger partial charge on any atom is 0.338 e. The number of carbonyl (C=O) groups excluding carboxylic acids is 2. The summed E-state index contributed by atoms with van der Waals surface area (Å²) in [7, 11) is 1.46. The van der Waals surface area contributed by atoms with Gasteiger partial charge in [-0.3, -0.25) is 4.79 Å². The van der Waals surface area contributed by atoms with Gasteiger partial charge in [0.25, 0.3) is 5.91 Å². The second-order valence-corrected chi connectivity index (χ2v) is 5.32. The van der Waals surface area contributed by atoms with E-state index in [1.807, 2.05) is 0 Å². The summed E-state index contributed by atoms with van der Waals surface area (Å²) in [5, 5.41) is 3.00. The summed E-state index contributed by atoms with van der Waals surface area (Å²) in [5.41, 5.74) is 0.510. The highest BCUT2D eigenvalue weighted by atomic mass is 35.5. The fourth-order valence-electron chi connectivity index (χ4n) is 1.88. The highest BCUT2D eigenvalue weighted by Gasteiger charge is 2.20. The number of esters is 1. The Labute approximate surface area is 143 Å². The molecule has 0 aliphatic rings. The zero-order valence-electron chi connectivity index (χ0n) is 13.0. The van der Waals surface area contributed by atoms with Gasteiger partial charge in [-0.2, -0.15) is 0 Å². The van der Waals surface area contributed by atoms with Crippen LogP contribution in [-0.2, 0) is 9.53 Å². The molecule has 2 aromatic carbocycles. The number of carbonyl (C=O) groups is 2. The van der Waals surface area contributed by atoms with Gasteiger partial charge in [0, 0.05) is 5.02 Å². The fourth-order valence-corrected chi connectivity index (χ4v) is 2.05. The molecule has 0 aromatic heterocycles. The Balaban J connectivity index is 2.03. The first-order chi connectivity index (χ1) is 11.4. The van der Waals surface area contributed by atoms with Gasteiger partial charge in [-0.1, -0.05) is 11.6 Å². The first-order valence-corrected chi connectivity index (χ1v) is 7.39. The van der Waals surface area contributed by atoms with Gasteiger partial charge in [0.15, 0.2) is 6.10 Å². The maximum atomic E-state index is 12.8. The number of rotatable bonds is 5. The molecular formula is C17H15ClFNO4. The highest BCUT2D eigenvalue weighted by Crippen LogP contribution is 2.27. The van der Waals surface area contributed by atoms with Gasteiger partial charge in [-0.05, 0) is 49.4 Å². The number of hydrogen-bond acceptors (Lipinski definition) is 4. The van der Waals surface area contributed by atoms with E-state index in [0.29, 0.717) is 16.5 Å². The summed E-state index contributed by atoms with van der Waals surface area (Å²) in [5.74, 6) is -1.32. The van der Waals surface area contributed by atoms with Crippen molar-refractivity contribution in [2.45, 2.75) is 13.0 Å². The molecule has 5 nitrogen and oxygen atoms in total. The lowest BCUT2D eigenvalue weighted by Gasteiger charge is -2.15. The van der Waals surface area contributed by atoms with E-state index < -0.39 is 23.8 Å². The molecule has 1 amide bonds. The summed E-state index contributed by atoms with van der Waals surface area (Å²) in [4.78, 5) is 24.1. The smallest absolute Gasteiger partial charge is 0.338 e. The van der Waals surface area contributed by atoms with Crippen molar-refractivity contribution >= 4 is 29.2 Å². The van der Waals surface area contributed by atoms with Crippen molar-refractivity contribution in [1.82, 2.24) is 0 Å². The van der Waals surface area contributed by atoms with E-state index in [0.717, 1.165) is 12.1 Å². The highest BCUT2D eigenvalue weighted by molar-refractivity contribution is 6.31. The average molecular weight is 352 g/mol. The Kier molecular flexibility index (Phi) is 5.76. The predicted octanol–water partition coefficient (Wildman–Crippen LogP) is 3.67. The Bertz CT molecular complexity index is 749. The zero-order chi connectivity index (χ0) is 17.7. The monoisotopic (exact) mass is 351 g/mol. The Morgan fingerprint density at radius 3 is 2.46 bits per heavy atom. The standard InChI is InChI=1S/C17H15ClFNO4/c1-10(24-17(22)11-3-6-13(19)7-4-11)16(21)20-14-9-12(18)5-8-15(14)23-2/h3-10H,1-2H3,(H,20,21)/t10-/m1/s1. The summed E-state index contributed by atoms with van der Waals surface area (Å²) >= 11 is 5.89. The van der Waals surface area contributed by atoms with Gasteiger partial charge in [-0.15, -0.1) is 0 Å². The molecule has 0 radical (unpaired) electrons. The summed E-state index contributed by atoms with van der Waals surface area (Å²) in [6.45, 7) is 1.42. The summed E-state index contributed by atoms with van der Waals surface area (Å²) in [6, 6.07) is 9.58. The lowest BCUT2D eigenvalue weighted by atomic mass is 10.2. The summed E-state index contributed by atoms with van der Waals surface area (Å²) in [6.07, 6.45) is -1.06. The number of halogens is 2. The van der Waals surface area contributed by atoms with Crippen LogP contribution in [0.1, 0.15) is 17.3 Å². The topological polar surface area (TPSA) is 64.6 Å². The first kappa shape index (κ1) is 17.7. The number of ether oxygens (including phenoxy) is 2. The largest absolute Gasteiger partial charge is 0.495 e. The third-order valence-corrected chi connectivity index (χ3v) is 3.39. The van der Waals surface area contributed by atoms with Gasteiger partial charge in [0.1, 0.15) is 11.6 Å². The summed E-state index contributed by atoms with van der Waals surface area (Å²) < 4.78 is 23.0. The second kappa shape index (κ2) is 7.79. The first-order valence-electron chi connectivity index (χ1n) is 7.01. The SMILES string of the molecule is COc1ccc(Cl)cc1NC(=O)[C@@H](C)OC(=O)c1ccc(F)cc1. The number of methoxy groups -OCH3 is 1. The maximum absolute atomic E-state index is 12.8. The Morgan fingerprint density at radius 2 is 1.83 bits per heavy atom. The third-order valence-electron chi connectivity index (χ3n) is 3.15. The average Bonchev–Trinajstić information content (AvgIpc) is 2.55. The van der Waals surface area contributed by atoms with Crippen molar-refractivity contribution in [1.29, 1.82) is 0 Å². The van der Waals surface area contributed by atoms with Crippen molar-refractivity contribution in [3.63, 3.8) is 0 Å². The lowest BCUT2D eigenvalue weighted by Crippen LogP contribution is -2.30. The van der Waals surface area contributed by atoms with Crippen LogP contribution in [0, 0.1) is 5.82 Å². The quantitative estimate of drug-likeness (QED) is 0.835. The molecule has 1 N–H and O–H groups in total. The lowest BCUT2D eigenvalue weighted by molar-refractivity contribution is -0.123. The van der Waals surface area contributed by atoms with E-state index >= 15 is 0 Å². The second-order valence-electron chi connectivity index (χ2n) is 4.89. The molecular weight excluding hydrogens is 337 g/mol. The molecule has 0 heterocycles. The van der Waals surface area contributed by atoms with Crippen LogP contribution in [0.5, 0.6) is 5.75 Å². The molecule has 0 aliphatic heterocycles. The fraction of sp³-hybridized carbons (Fsp3) is 0.176. The van der Waals surface area contributed by atoms with Crippen LogP contribution in [0.3, 0.4) is 0 Å². The van der Waals surface area contributed by atoms with Crippen LogP contribution in [-0.4, -0.2) is 25.1 Å². The molecule has 0 spiro atoms. The number of nitrogens with one attached hydrogen (secondary N) is 1. The van der Waals surface area contributed by atoms with Gasteiger partial charge >= 0.3 is 5.97 Å². The van der Waals surface area contributed by atoms with Crippen molar-refractivity contribution in [2.75, 3.05) is 12.4 Å². The normalized spacial score (nSPS) is 11.5. The van der Waals surface area contributed by atoms with Gasteiger partial charge in [0.05, 0.1) is 18.4 Å². The zero-order valence-corrected chi connectivity index (χ0v) is 13.8. The van der Waals surface area contributed by atoms with Crippen LogP contribution in [0.2, 0.25) is 5.02 Å². The number of amides is 1. The van der Waals surface area contributed by atoms with E-state index in [4.69, 9.17) is 21.1 Å². The van der Waals surface area contributed by atoms with E-state index in [-0.39, 0.29) is 5.56 Å². The molecule has 126 valence electrons. The van der Waals surface area contributed by atoms with Crippen molar-refractivity contribution < 1.29 is 23.5 Å². The molecule has 0 saturated carbocycles. The number of benzene rings is 2. The van der Waals surface area contributed by atoms with E-state index in [1.54, 1.807) is 12.1 Å². The molecule has 2 aromatic rings. The molecule has 7 heteroatoms. The molecule has 0 saturated heterocycles. The minimum absolute atomic E-state index is 0.149. The third kappa shape index (κ3) is 4.45. The van der Waals surface area contributed by atoms with E-state index in [2.05, 4.69) is 5.32 Å².